The van der Waals surface area contributed by atoms with Gasteiger partial charge in [-0.05, 0) is 69.9 Å². The minimum Gasteiger partial charge on any atom is -0.391 e. The zero-order chi connectivity index (χ0) is 21.8. The van der Waals surface area contributed by atoms with Crippen LogP contribution in [0.3, 0.4) is 0 Å². The first-order chi connectivity index (χ1) is 15.0. The second-order valence-electron chi connectivity index (χ2n) is 8.96. The summed E-state index contributed by atoms with van der Waals surface area (Å²) in [6.07, 6.45) is 3.50. The van der Waals surface area contributed by atoms with Gasteiger partial charge in [-0.2, -0.15) is 5.10 Å². The number of hydrogen-bond donors (Lipinski definition) is 2. The van der Waals surface area contributed by atoms with Crippen molar-refractivity contribution in [2.45, 2.75) is 58.2 Å². The van der Waals surface area contributed by atoms with Gasteiger partial charge in [0.05, 0.1) is 18.3 Å². The van der Waals surface area contributed by atoms with Gasteiger partial charge in [0.2, 0.25) is 0 Å². The van der Waals surface area contributed by atoms with E-state index in [4.69, 9.17) is 0 Å². The van der Waals surface area contributed by atoms with Gasteiger partial charge < -0.3 is 20.2 Å². The Hall–Kier alpha value is -2.38. The molecule has 2 N–H and O–H groups in total. The summed E-state index contributed by atoms with van der Waals surface area (Å²) in [5.41, 5.74) is 4.18. The zero-order valence-electron chi connectivity index (χ0n) is 18.8. The molecule has 7 heteroatoms. The second-order valence-corrected chi connectivity index (χ2v) is 8.96. The van der Waals surface area contributed by atoms with Crippen molar-refractivity contribution in [3.8, 4) is 0 Å². The fourth-order valence-electron chi connectivity index (χ4n) is 4.75. The molecule has 2 aliphatic rings. The molecule has 0 radical (unpaired) electrons. The van der Waals surface area contributed by atoms with E-state index in [9.17, 15) is 9.90 Å². The van der Waals surface area contributed by atoms with E-state index in [1.807, 2.05) is 19.1 Å². The average Bonchev–Trinajstić information content (AvgIpc) is 3.10. The molecule has 31 heavy (non-hydrogen) atoms. The summed E-state index contributed by atoms with van der Waals surface area (Å²) in [4.78, 5) is 16.9. The van der Waals surface area contributed by atoms with E-state index in [2.05, 4.69) is 45.1 Å². The topological polar surface area (TPSA) is 73.6 Å². The third-order valence-corrected chi connectivity index (χ3v) is 6.52. The van der Waals surface area contributed by atoms with Crippen LogP contribution < -0.4 is 10.2 Å². The number of carbonyl (C=O) groups is 1. The van der Waals surface area contributed by atoms with Crippen LogP contribution in [-0.2, 0) is 6.54 Å². The molecule has 0 aliphatic carbocycles. The zero-order valence-corrected chi connectivity index (χ0v) is 18.8. The van der Waals surface area contributed by atoms with Crippen molar-refractivity contribution >= 4 is 11.6 Å². The number of piperidine rings is 2. The normalized spacial score (nSPS) is 20.3. The quantitative estimate of drug-likeness (QED) is 0.743. The lowest BCUT2D eigenvalue weighted by Gasteiger charge is -2.34. The first-order valence-electron chi connectivity index (χ1n) is 11.6. The van der Waals surface area contributed by atoms with Gasteiger partial charge in [-0.15, -0.1) is 0 Å². The van der Waals surface area contributed by atoms with Gasteiger partial charge in [0.25, 0.3) is 5.91 Å². The monoisotopic (exact) mass is 425 g/mol. The van der Waals surface area contributed by atoms with Crippen LogP contribution in [0.25, 0.3) is 0 Å². The largest absolute Gasteiger partial charge is 0.391 e. The summed E-state index contributed by atoms with van der Waals surface area (Å²) in [5.74, 6) is 0.0239. The molecule has 2 aliphatic heterocycles. The van der Waals surface area contributed by atoms with Crippen molar-refractivity contribution in [3.05, 3.63) is 47.3 Å². The number of aryl methyl sites for hydroxylation is 2. The summed E-state index contributed by atoms with van der Waals surface area (Å²) in [6.45, 7) is 9.20. The number of amides is 1. The lowest BCUT2D eigenvalue weighted by atomic mass is 10.0. The Morgan fingerprint density at radius 2 is 1.87 bits per heavy atom. The number of rotatable bonds is 6. The van der Waals surface area contributed by atoms with Crippen LogP contribution in [-0.4, -0.2) is 70.6 Å². The van der Waals surface area contributed by atoms with Crippen molar-refractivity contribution in [3.63, 3.8) is 0 Å². The molecule has 2 aromatic rings. The molecule has 0 saturated carbocycles. The predicted molar refractivity (Wildman–Crippen MR) is 123 cm³/mol. The number of aromatic nitrogens is 2. The van der Waals surface area contributed by atoms with Crippen molar-refractivity contribution in [1.82, 2.24) is 20.0 Å². The lowest BCUT2D eigenvalue weighted by molar-refractivity contribution is 0.0474. The summed E-state index contributed by atoms with van der Waals surface area (Å²) in [6, 6.07) is 10.6. The van der Waals surface area contributed by atoms with Crippen LogP contribution in [0, 0.1) is 13.8 Å². The number of β-amino-alcohol motifs (C(OH)–C–C–N with tert-alkyl or cyclic N) is 1. The van der Waals surface area contributed by atoms with Crippen molar-refractivity contribution in [2.24, 2.45) is 0 Å². The smallest absolute Gasteiger partial charge is 0.253 e. The van der Waals surface area contributed by atoms with E-state index in [1.54, 1.807) is 4.90 Å². The molecule has 0 spiro atoms. The van der Waals surface area contributed by atoms with Crippen molar-refractivity contribution in [2.75, 3.05) is 37.6 Å². The van der Waals surface area contributed by atoms with Gasteiger partial charge in [0.15, 0.2) is 0 Å². The summed E-state index contributed by atoms with van der Waals surface area (Å²) in [7, 11) is 0. The molecule has 1 aromatic heterocycles. The number of aliphatic hydroxyl groups is 1. The van der Waals surface area contributed by atoms with E-state index >= 15 is 0 Å². The van der Waals surface area contributed by atoms with Gasteiger partial charge in [0, 0.05) is 55.7 Å². The number of benzene rings is 1. The third kappa shape index (κ3) is 5.46. The molecule has 2 fully saturated rings. The van der Waals surface area contributed by atoms with Crippen LogP contribution >= 0.6 is 0 Å². The fraction of sp³-hybridized carbons (Fsp3) is 0.583. The summed E-state index contributed by atoms with van der Waals surface area (Å²) in [5, 5.41) is 18.0. The van der Waals surface area contributed by atoms with E-state index in [0.29, 0.717) is 18.2 Å². The first kappa shape index (κ1) is 21.8. The number of anilines is 1. The molecule has 1 amide bonds. The summed E-state index contributed by atoms with van der Waals surface area (Å²) >= 11 is 0. The van der Waals surface area contributed by atoms with Crippen LogP contribution in [0.2, 0.25) is 0 Å². The van der Waals surface area contributed by atoms with Crippen LogP contribution in [0.15, 0.2) is 30.3 Å². The number of likely N-dealkylation sites (tertiary alicyclic amines) is 1. The maximum Gasteiger partial charge on any atom is 0.253 e. The fourth-order valence-corrected chi connectivity index (χ4v) is 4.75. The van der Waals surface area contributed by atoms with Crippen molar-refractivity contribution < 1.29 is 9.90 Å². The molecule has 1 atom stereocenters. The van der Waals surface area contributed by atoms with E-state index in [1.165, 1.54) is 11.4 Å². The highest BCUT2D eigenvalue weighted by Crippen LogP contribution is 2.22. The Morgan fingerprint density at radius 3 is 2.52 bits per heavy atom. The third-order valence-electron chi connectivity index (χ3n) is 6.52. The van der Waals surface area contributed by atoms with Gasteiger partial charge >= 0.3 is 0 Å². The number of nitrogens with zero attached hydrogens (tertiary/aromatic N) is 4. The Balaban J connectivity index is 1.23. The molecule has 0 unspecified atom stereocenters. The van der Waals surface area contributed by atoms with Crippen molar-refractivity contribution in [1.29, 1.82) is 0 Å². The predicted octanol–water partition coefficient (Wildman–Crippen LogP) is 2.36. The minimum absolute atomic E-state index is 0.0239. The molecule has 3 heterocycles. The molecule has 0 bridgehead atoms. The van der Waals surface area contributed by atoms with E-state index in [-0.39, 0.29) is 12.0 Å². The highest BCUT2D eigenvalue weighted by Gasteiger charge is 2.24. The highest BCUT2D eigenvalue weighted by molar-refractivity contribution is 5.94. The number of nitrogens with one attached hydrogen (secondary N) is 1. The molecule has 168 valence electrons. The van der Waals surface area contributed by atoms with Gasteiger partial charge in [0.1, 0.15) is 0 Å². The molecule has 2 saturated heterocycles. The standard InChI is InChI=1S/C24H35N5O2/c1-18-16-19(2)29(26-18)15-11-25-21-9-13-27(14-10-21)22-7-5-20(6-8-22)24(31)28-12-3-4-23(30)17-28/h5-8,16,21,23,25,30H,3-4,9-15,17H2,1-2H3/t23-/m1/s1. The van der Waals surface area contributed by atoms with E-state index in [0.717, 1.165) is 64.1 Å². The molecule has 4 rings (SSSR count). The van der Waals surface area contributed by atoms with Gasteiger partial charge in [-0.25, -0.2) is 0 Å². The van der Waals surface area contributed by atoms with Crippen LogP contribution in [0.4, 0.5) is 5.69 Å². The maximum absolute atomic E-state index is 12.7. The van der Waals surface area contributed by atoms with Gasteiger partial charge in [-0.1, -0.05) is 0 Å². The lowest BCUT2D eigenvalue weighted by Crippen LogP contribution is -2.43. The maximum atomic E-state index is 12.7. The Kier molecular flexibility index (Phi) is 6.92. The molecular weight excluding hydrogens is 390 g/mol. The molecule has 7 nitrogen and oxygen atoms in total. The average molecular weight is 426 g/mol. The minimum atomic E-state index is -0.389. The van der Waals surface area contributed by atoms with Crippen LogP contribution in [0.1, 0.15) is 47.4 Å². The molecular formula is C24H35N5O2. The van der Waals surface area contributed by atoms with E-state index < -0.39 is 0 Å². The second kappa shape index (κ2) is 9.83. The molecule has 1 aromatic carbocycles. The van der Waals surface area contributed by atoms with Gasteiger partial charge in [-0.3, -0.25) is 9.48 Å². The highest BCUT2D eigenvalue weighted by atomic mass is 16.3. The Labute approximate surface area is 185 Å². The summed E-state index contributed by atoms with van der Waals surface area (Å²) < 4.78 is 2.07. The SMILES string of the molecule is Cc1cc(C)n(CCNC2CCN(c3ccc(C(=O)N4CCC[C@@H](O)C4)cc3)CC2)n1. The number of aliphatic hydroxyl groups excluding tert-OH is 1. The Morgan fingerprint density at radius 1 is 1.13 bits per heavy atom. The number of carbonyl (C=O) groups excluding carboxylic acids is 1. The van der Waals surface area contributed by atoms with Crippen LogP contribution in [0.5, 0.6) is 0 Å². The number of hydrogen-bond acceptors (Lipinski definition) is 5. The first-order valence-corrected chi connectivity index (χ1v) is 11.6. The Bertz CT molecular complexity index is 871.